The van der Waals surface area contributed by atoms with Gasteiger partial charge in [-0.15, -0.1) is 0 Å². The molecule has 3 heteroatoms. The molecule has 1 N–H and O–H groups in total. The SMILES string of the molecule is CNC(CC1CCCCC1)c1ccc(F)cc1I. The molecule has 1 unspecified atom stereocenters. The Labute approximate surface area is 123 Å². The lowest BCUT2D eigenvalue weighted by Gasteiger charge is -2.27. The second kappa shape index (κ2) is 6.85. The summed E-state index contributed by atoms with van der Waals surface area (Å²) < 4.78 is 14.2. The van der Waals surface area contributed by atoms with E-state index in [4.69, 9.17) is 0 Å². The Kier molecular flexibility index (Phi) is 5.42. The van der Waals surface area contributed by atoms with E-state index < -0.39 is 0 Å². The molecular formula is C15H21FIN. The van der Waals surface area contributed by atoms with Gasteiger partial charge in [-0.05, 0) is 59.7 Å². The maximum absolute atomic E-state index is 13.1. The van der Waals surface area contributed by atoms with Crippen LogP contribution in [-0.4, -0.2) is 7.05 Å². The van der Waals surface area contributed by atoms with Crippen molar-refractivity contribution in [1.82, 2.24) is 5.32 Å². The van der Waals surface area contributed by atoms with Gasteiger partial charge in [0.15, 0.2) is 0 Å². The van der Waals surface area contributed by atoms with Gasteiger partial charge in [-0.3, -0.25) is 0 Å². The minimum absolute atomic E-state index is 0.143. The maximum atomic E-state index is 13.1. The van der Waals surface area contributed by atoms with Crippen molar-refractivity contribution >= 4 is 22.6 Å². The van der Waals surface area contributed by atoms with Crippen LogP contribution in [0.2, 0.25) is 0 Å². The fraction of sp³-hybridized carbons (Fsp3) is 0.600. The van der Waals surface area contributed by atoms with Crippen molar-refractivity contribution in [2.45, 2.75) is 44.6 Å². The van der Waals surface area contributed by atoms with Gasteiger partial charge in [0.25, 0.3) is 0 Å². The van der Waals surface area contributed by atoms with E-state index in [1.807, 2.05) is 13.1 Å². The van der Waals surface area contributed by atoms with Crippen LogP contribution in [0.5, 0.6) is 0 Å². The van der Waals surface area contributed by atoms with E-state index in [1.165, 1.54) is 44.1 Å². The second-order valence-corrected chi connectivity index (χ2v) is 6.41. The first-order valence-corrected chi connectivity index (χ1v) is 7.91. The van der Waals surface area contributed by atoms with Crippen molar-refractivity contribution < 1.29 is 4.39 Å². The molecule has 0 radical (unpaired) electrons. The molecule has 0 amide bonds. The fourth-order valence-electron chi connectivity index (χ4n) is 2.94. The summed E-state index contributed by atoms with van der Waals surface area (Å²) in [5, 5.41) is 3.40. The van der Waals surface area contributed by atoms with Gasteiger partial charge in [0.05, 0.1) is 0 Å². The second-order valence-electron chi connectivity index (χ2n) is 5.25. The third-order valence-electron chi connectivity index (χ3n) is 3.98. The summed E-state index contributed by atoms with van der Waals surface area (Å²) in [6.45, 7) is 0. The predicted octanol–water partition coefficient (Wildman–Crippen LogP) is 4.66. The van der Waals surface area contributed by atoms with E-state index in [0.29, 0.717) is 6.04 Å². The highest BCUT2D eigenvalue weighted by molar-refractivity contribution is 14.1. The molecule has 100 valence electrons. The molecule has 18 heavy (non-hydrogen) atoms. The molecule has 1 aromatic rings. The van der Waals surface area contributed by atoms with Crippen LogP contribution >= 0.6 is 22.6 Å². The number of rotatable bonds is 4. The van der Waals surface area contributed by atoms with E-state index in [2.05, 4.69) is 27.9 Å². The lowest BCUT2D eigenvalue weighted by atomic mass is 9.83. The zero-order valence-corrected chi connectivity index (χ0v) is 13.0. The first kappa shape index (κ1) is 14.3. The molecule has 1 nitrogen and oxygen atoms in total. The van der Waals surface area contributed by atoms with Crippen LogP contribution in [0.15, 0.2) is 18.2 Å². The van der Waals surface area contributed by atoms with Gasteiger partial charge >= 0.3 is 0 Å². The van der Waals surface area contributed by atoms with Crippen LogP contribution in [0, 0.1) is 15.3 Å². The number of nitrogens with one attached hydrogen (secondary N) is 1. The largest absolute Gasteiger partial charge is 0.313 e. The van der Waals surface area contributed by atoms with Crippen LogP contribution in [-0.2, 0) is 0 Å². The summed E-state index contributed by atoms with van der Waals surface area (Å²) >= 11 is 2.24. The van der Waals surface area contributed by atoms with Crippen LogP contribution in [0.4, 0.5) is 4.39 Å². The van der Waals surface area contributed by atoms with Gasteiger partial charge < -0.3 is 5.32 Å². The van der Waals surface area contributed by atoms with Crippen molar-refractivity contribution in [1.29, 1.82) is 0 Å². The summed E-state index contributed by atoms with van der Waals surface area (Å²) in [5.74, 6) is 0.688. The van der Waals surface area contributed by atoms with Crippen molar-refractivity contribution in [2.24, 2.45) is 5.92 Å². The Morgan fingerprint density at radius 3 is 2.67 bits per heavy atom. The van der Waals surface area contributed by atoms with E-state index >= 15 is 0 Å². The molecule has 1 atom stereocenters. The van der Waals surface area contributed by atoms with E-state index in [-0.39, 0.29) is 5.82 Å². The van der Waals surface area contributed by atoms with E-state index in [1.54, 1.807) is 12.1 Å². The number of hydrogen-bond acceptors (Lipinski definition) is 1. The highest BCUT2D eigenvalue weighted by atomic mass is 127. The van der Waals surface area contributed by atoms with Crippen molar-refractivity contribution in [3.63, 3.8) is 0 Å². The zero-order valence-electron chi connectivity index (χ0n) is 10.9. The first-order chi connectivity index (χ1) is 8.70. The van der Waals surface area contributed by atoms with Gasteiger partial charge in [0.1, 0.15) is 5.82 Å². The van der Waals surface area contributed by atoms with Crippen LogP contribution in [0.1, 0.15) is 50.1 Å². The average molecular weight is 361 g/mol. The third kappa shape index (κ3) is 3.67. The average Bonchev–Trinajstić information content (AvgIpc) is 2.38. The zero-order chi connectivity index (χ0) is 13.0. The molecule has 0 aliphatic heterocycles. The topological polar surface area (TPSA) is 12.0 Å². The van der Waals surface area contributed by atoms with Crippen molar-refractivity contribution in [2.75, 3.05) is 7.05 Å². The van der Waals surface area contributed by atoms with Crippen LogP contribution in [0.25, 0.3) is 0 Å². The molecule has 1 aliphatic rings. The molecule has 0 aromatic heterocycles. The fourth-order valence-corrected chi connectivity index (χ4v) is 3.79. The highest BCUT2D eigenvalue weighted by Gasteiger charge is 2.20. The number of benzene rings is 1. The molecule has 1 aliphatic carbocycles. The molecule has 2 rings (SSSR count). The van der Waals surface area contributed by atoms with Crippen LogP contribution < -0.4 is 5.32 Å². The highest BCUT2D eigenvalue weighted by Crippen LogP contribution is 2.33. The lowest BCUT2D eigenvalue weighted by Crippen LogP contribution is -2.22. The third-order valence-corrected chi connectivity index (χ3v) is 4.91. The first-order valence-electron chi connectivity index (χ1n) is 6.83. The Balaban J connectivity index is 2.07. The summed E-state index contributed by atoms with van der Waals surface area (Å²) in [5.41, 5.74) is 1.24. The minimum Gasteiger partial charge on any atom is -0.313 e. The Bertz CT molecular complexity index is 388. The van der Waals surface area contributed by atoms with Crippen molar-refractivity contribution in [3.8, 4) is 0 Å². The van der Waals surface area contributed by atoms with Gasteiger partial charge in [0.2, 0.25) is 0 Å². The smallest absolute Gasteiger partial charge is 0.124 e. The van der Waals surface area contributed by atoms with E-state index in [9.17, 15) is 4.39 Å². The molecule has 0 spiro atoms. The van der Waals surface area contributed by atoms with Crippen LogP contribution in [0.3, 0.4) is 0 Å². The molecule has 1 aromatic carbocycles. The summed E-state index contributed by atoms with van der Waals surface area (Å²) in [4.78, 5) is 0. The normalized spacial score (nSPS) is 18.8. The minimum atomic E-state index is -0.143. The molecule has 0 heterocycles. The van der Waals surface area contributed by atoms with Gasteiger partial charge in [-0.25, -0.2) is 4.39 Å². The Morgan fingerprint density at radius 1 is 1.33 bits per heavy atom. The molecular weight excluding hydrogens is 340 g/mol. The summed E-state index contributed by atoms with van der Waals surface area (Å²) in [7, 11) is 2.01. The molecule has 1 fully saturated rings. The molecule has 0 bridgehead atoms. The summed E-state index contributed by atoms with van der Waals surface area (Å²) in [6, 6.07) is 5.49. The molecule has 1 saturated carbocycles. The maximum Gasteiger partial charge on any atom is 0.124 e. The van der Waals surface area contributed by atoms with E-state index in [0.717, 1.165) is 9.49 Å². The van der Waals surface area contributed by atoms with Gasteiger partial charge in [-0.2, -0.15) is 0 Å². The molecule has 0 saturated heterocycles. The Morgan fingerprint density at radius 2 is 2.06 bits per heavy atom. The number of hydrogen-bond donors (Lipinski definition) is 1. The predicted molar refractivity (Wildman–Crippen MR) is 82.1 cm³/mol. The van der Waals surface area contributed by atoms with Crippen molar-refractivity contribution in [3.05, 3.63) is 33.1 Å². The lowest BCUT2D eigenvalue weighted by molar-refractivity contribution is 0.305. The standard InChI is InChI=1S/C15H21FIN/c1-18-15(9-11-5-3-2-4-6-11)13-8-7-12(16)10-14(13)17/h7-8,10-11,15,18H,2-6,9H2,1H3. The van der Waals surface area contributed by atoms with Gasteiger partial charge in [0, 0.05) is 9.61 Å². The quantitative estimate of drug-likeness (QED) is 0.769. The monoisotopic (exact) mass is 361 g/mol. The summed E-state index contributed by atoms with van der Waals surface area (Å²) in [6.07, 6.45) is 8.04. The van der Waals surface area contributed by atoms with Gasteiger partial charge in [-0.1, -0.05) is 38.2 Å². The Hall–Kier alpha value is -0.160. The number of halogens is 2.